The van der Waals surface area contributed by atoms with Gasteiger partial charge < -0.3 is 39.8 Å². The van der Waals surface area contributed by atoms with Crippen molar-refractivity contribution in [3.63, 3.8) is 0 Å². The smallest absolute Gasteiger partial charge is 0.204 e. The normalized spacial score (nSPS) is 11.2. The number of hydrogen-bond acceptors (Lipinski definition) is 10. The van der Waals surface area contributed by atoms with E-state index >= 15 is 0 Å². The van der Waals surface area contributed by atoms with Gasteiger partial charge in [0.1, 0.15) is 39.7 Å². The lowest BCUT2D eigenvalue weighted by Gasteiger charge is -2.17. The molecule has 0 fully saturated rings. The van der Waals surface area contributed by atoms with E-state index in [0.717, 1.165) is 18.2 Å². The third-order valence-electron chi connectivity index (χ3n) is 5.97. The maximum atomic E-state index is 13.2. The van der Waals surface area contributed by atoms with Gasteiger partial charge in [-0.3, -0.25) is 9.59 Å². The summed E-state index contributed by atoms with van der Waals surface area (Å²) in [6.45, 7) is 0. The number of phenols is 6. The number of benzene rings is 4. The van der Waals surface area contributed by atoms with Crippen LogP contribution in [0, 0.1) is 0 Å². The predicted molar refractivity (Wildman–Crippen MR) is 132 cm³/mol. The molecule has 37 heavy (non-hydrogen) atoms. The lowest BCUT2D eigenvalue weighted by Crippen LogP contribution is -2.05. The summed E-state index contributed by atoms with van der Waals surface area (Å²) in [6, 6.07) is 11.3. The van der Waals surface area contributed by atoms with Crippen LogP contribution in [0.2, 0.25) is 0 Å². The Morgan fingerprint density at radius 2 is 1.54 bits per heavy atom. The summed E-state index contributed by atoms with van der Waals surface area (Å²) in [4.78, 5) is 26.4. The van der Waals surface area contributed by atoms with Gasteiger partial charge in [-0.15, -0.1) is 0 Å². The number of hydrogen-bond donors (Lipinski definition) is 6. The molecule has 0 unspecified atom stereocenters. The molecule has 0 saturated heterocycles. The second-order valence-electron chi connectivity index (χ2n) is 8.16. The molecule has 186 valence electrons. The zero-order chi connectivity index (χ0) is 26.6. The lowest BCUT2D eigenvalue weighted by molar-refractivity contribution is 0.103. The molecule has 0 spiro atoms. The first kappa shape index (κ1) is 23.4. The van der Waals surface area contributed by atoms with E-state index in [1.807, 2.05) is 0 Å². The van der Waals surface area contributed by atoms with Crippen molar-refractivity contribution in [2.75, 3.05) is 7.11 Å². The van der Waals surface area contributed by atoms with Crippen molar-refractivity contribution in [1.29, 1.82) is 0 Å². The summed E-state index contributed by atoms with van der Waals surface area (Å²) in [6.07, 6.45) is 0. The van der Waals surface area contributed by atoms with Gasteiger partial charge in [-0.05, 0) is 30.3 Å². The highest BCUT2D eigenvalue weighted by molar-refractivity contribution is 6.14. The van der Waals surface area contributed by atoms with Crippen molar-refractivity contribution in [3.8, 4) is 51.4 Å². The highest BCUT2D eigenvalue weighted by atomic mass is 16.5. The minimum atomic E-state index is -0.861. The average Bonchev–Trinajstić information content (AvgIpc) is 2.86. The Kier molecular flexibility index (Phi) is 5.29. The maximum Gasteiger partial charge on any atom is 0.204 e. The second-order valence-corrected chi connectivity index (χ2v) is 8.16. The summed E-state index contributed by atoms with van der Waals surface area (Å²) in [5.41, 5.74) is -2.66. The zero-order valence-corrected chi connectivity index (χ0v) is 19.0. The summed E-state index contributed by atoms with van der Waals surface area (Å²) in [5.74, 6) is -4.45. The minimum absolute atomic E-state index is 0.0563. The first-order valence-corrected chi connectivity index (χ1v) is 10.7. The SMILES string of the molecule is COc1cc(O)c(C(=O)c2cccc(O)c2)c(O)c1-c1cc(O)c2oc3c(O)cccc3c(=O)c2c1O. The number of methoxy groups -OCH3 is 1. The molecule has 5 rings (SSSR count). The van der Waals surface area contributed by atoms with Crippen LogP contribution in [0.3, 0.4) is 0 Å². The van der Waals surface area contributed by atoms with Crippen LogP contribution in [0.15, 0.2) is 63.8 Å². The molecule has 1 heterocycles. The van der Waals surface area contributed by atoms with Gasteiger partial charge in [-0.2, -0.15) is 0 Å². The molecule has 1 aromatic heterocycles. The number of para-hydroxylation sites is 1. The number of fused-ring (bicyclic) bond motifs is 2. The fourth-order valence-electron chi connectivity index (χ4n) is 4.26. The molecule has 0 amide bonds. The van der Waals surface area contributed by atoms with Crippen LogP contribution < -0.4 is 10.2 Å². The van der Waals surface area contributed by atoms with E-state index < -0.39 is 50.7 Å². The molecule has 4 aromatic carbocycles. The molecule has 10 nitrogen and oxygen atoms in total. The molecule has 0 aliphatic heterocycles. The van der Waals surface area contributed by atoms with Gasteiger partial charge in [-0.1, -0.05) is 18.2 Å². The average molecular weight is 502 g/mol. The largest absolute Gasteiger partial charge is 0.508 e. The van der Waals surface area contributed by atoms with Crippen LogP contribution in [0.4, 0.5) is 0 Å². The maximum absolute atomic E-state index is 13.2. The molecule has 6 N–H and O–H groups in total. The fraction of sp³-hybridized carbons (Fsp3) is 0.0370. The third-order valence-corrected chi connectivity index (χ3v) is 5.97. The molecular formula is C27H18O10. The number of ketones is 1. The van der Waals surface area contributed by atoms with Crippen LogP contribution in [0.5, 0.6) is 40.2 Å². The molecule has 0 atom stereocenters. The van der Waals surface area contributed by atoms with Crippen molar-refractivity contribution in [2.24, 2.45) is 0 Å². The van der Waals surface area contributed by atoms with Crippen molar-refractivity contribution < 1.29 is 44.6 Å². The summed E-state index contributed by atoms with van der Waals surface area (Å²) < 4.78 is 10.8. The first-order chi connectivity index (χ1) is 17.6. The molecular weight excluding hydrogens is 484 g/mol. The summed E-state index contributed by atoms with van der Waals surface area (Å²) >= 11 is 0. The first-order valence-electron chi connectivity index (χ1n) is 10.7. The highest BCUT2D eigenvalue weighted by Crippen LogP contribution is 2.50. The van der Waals surface area contributed by atoms with Crippen LogP contribution in [-0.4, -0.2) is 43.5 Å². The molecule has 0 bridgehead atoms. The molecule has 0 aliphatic carbocycles. The van der Waals surface area contributed by atoms with Crippen LogP contribution in [0.1, 0.15) is 15.9 Å². The number of carbonyl (C=O) groups is 1. The zero-order valence-electron chi connectivity index (χ0n) is 19.0. The van der Waals surface area contributed by atoms with Gasteiger partial charge in [0, 0.05) is 17.2 Å². The van der Waals surface area contributed by atoms with Gasteiger partial charge in [0.2, 0.25) is 11.2 Å². The van der Waals surface area contributed by atoms with Crippen LogP contribution in [0.25, 0.3) is 33.1 Å². The Bertz CT molecular complexity index is 1820. The molecule has 5 aromatic rings. The van der Waals surface area contributed by atoms with Gasteiger partial charge in [0.15, 0.2) is 22.7 Å². The quantitative estimate of drug-likeness (QED) is 0.119. The molecule has 0 aliphatic rings. The second kappa shape index (κ2) is 8.38. The fourth-order valence-corrected chi connectivity index (χ4v) is 4.26. The van der Waals surface area contributed by atoms with Crippen molar-refractivity contribution in [3.05, 3.63) is 75.9 Å². The number of aromatic hydroxyl groups is 6. The van der Waals surface area contributed by atoms with E-state index in [9.17, 15) is 40.2 Å². The number of ether oxygens (including phenoxy) is 1. The van der Waals surface area contributed by atoms with E-state index in [0.29, 0.717) is 0 Å². The van der Waals surface area contributed by atoms with Crippen LogP contribution >= 0.6 is 0 Å². The molecule has 0 radical (unpaired) electrons. The van der Waals surface area contributed by atoms with Gasteiger partial charge in [-0.25, -0.2) is 0 Å². The van der Waals surface area contributed by atoms with E-state index in [1.165, 1.54) is 43.5 Å². The number of phenolic OH excluding ortho intramolecular Hbond substituents is 6. The van der Waals surface area contributed by atoms with Crippen molar-refractivity contribution >= 4 is 27.7 Å². The van der Waals surface area contributed by atoms with Gasteiger partial charge >= 0.3 is 0 Å². The highest BCUT2D eigenvalue weighted by Gasteiger charge is 2.29. The van der Waals surface area contributed by atoms with Crippen LogP contribution in [-0.2, 0) is 0 Å². The van der Waals surface area contributed by atoms with Gasteiger partial charge in [0.05, 0.1) is 18.1 Å². The predicted octanol–water partition coefficient (Wildman–Crippen LogP) is 4.09. The Morgan fingerprint density at radius 1 is 0.811 bits per heavy atom. The summed E-state index contributed by atoms with van der Waals surface area (Å²) in [7, 11) is 1.21. The Labute approximate surface area is 207 Å². The van der Waals surface area contributed by atoms with Crippen molar-refractivity contribution in [1.82, 2.24) is 0 Å². The Balaban J connectivity index is 1.85. The number of carbonyl (C=O) groups excluding carboxylic acids is 1. The molecule has 10 heteroatoms. The van der Waals surface area contributed by atoms with Crippen molar-refractivity contribution in [2.45, 2.75) is 0 Å². The standard InChI is InChI=1S/C27H18O10/c1-36-18-10-16(30)20(22(32)11-4-2-5-12(28)8-11)25(35)19(18)14-9-17(31)27-21(24(14)34)23(33)13-6-3-7-15(29)26(13)37-27/h2-10,28-31,34-35H,1H3. The van der Waals surface area contributed by atoms with E-state index in [-0.39, 0.29) is 44.9 Å². The Hall–Kier alpha value is -5.38. The monoisotopic (exact) mass is 502 g/mol. The Morgan fingerprint density at radius 3 is 2.24 bits per heavy atom. The molecule has 0 saturated carbocycles. The van der Waals surface area contributed by atoms with E-state index in [4.69, 9.17) is 9.15 Å². The lowest BCUT2D eigenvalue weighted by atomic mass is 9.93. The number of rotatable bonds is 4. The third kappa shape index (κ3) is 3.50. The minimum Gasteiger partial charge on any atom is -0.508 e. The topological polar surface area (TPSA) is 178 Å². The summed E-state index contributed by atoms with van der Waals surface area (Å²) in [5, 5.41) is 62.8. The van der Waals surface area contributed by atoms with Gasteiger partial charge in [0.25, 0.3) is 0 Å². The van der Waals surface area contributed by atoms with E-state index in [2.05, 4.69) is 0 Å². The van der Waals surface area contributed by atoms with E-state index in [1.54, 1.807) is 0 Å².